The zero-order chi connectivity index (χ0) is 13.5. The first-order valence-electron chi connectivity index (χ1n) is 6.38. The van der Waals surface area contributed by atoms with E-state index in [2.05, 4.69) is 45.7 Å². The molecule has 0 fully saturated rings. The van der Waals surface area contributed by atoms with Crippen LogP contribution < -0.4 is 10.6 Å². The molecule has 1 amide bonds. The molecule has 0 saturated carbocycles. The Morgan fingerprint density at radius 3 is 2.32 bits per heavy atom. The third-order valence-electron chi connectivity index (χ3n) is 2.73. The minimum Gasteiger partial charge on any atom is -0.356 e. The second-order valence-electron chi connectivity index (χ2n) is 4.12. The Labute approximate surface area is 121 Å². The highest BCUT2D eigenvalue weighted by Gasteiger charge is 2.15. The van der Waals surface area contributed by atoms with Crippen LogP contribution in [0.15, 0.2) is 35.0 Å². The number of hydrogen-bond acceptors (Lipinski definition) is 4. The Hall–Kier alpha value is -1.17. The van der Waals surface area contributed by atoms with Crippen LogP contribution in [-0.4, -0.2) is 19.0 Å². The molecule has 0 radical (unpaired) electrons. The standard InChI is InChI=1S/C14H18N2OS2/c1-2-15-13(17)7-8-16-14(11-5-3-9-18-11)12-6-4-10-19-12/h3-6,9-10,14,16H,2,7-8H2,1H3,(H,15,17). The summed E-state index contributed by atoms with van der Waals surface area (Å²) in [4.78, 5) is 14.0. The highest BCUT2D eigenvalue weighted by molar-refractivity contribution is 7.11. The summed E-state index contributed by atoms with van der Waals surface area (Å²) in [5.41, 5.74) is 0. The molecule has 19 heavy (non-hydrogen) atoms. The first kappa shape index (κ1) is 14.2. The van der Waals surface area contributed by atoms with Crippen LogP contribution in [0, 0.1) is 0 Å². The number of carbonyl (C=O) groups excluding carboxylic acids is 1. The van der Waals surface area contributed by atoms with E-state index < -0.39 is 0 Å². The van der Waals surface area contributed by atoms with Gasteiger partial charge < -0.3 is 10.6 Å². The molecule has 102 valence electrons. The van der Waals surface area contributed by atoms with Gasteiger partial charge in [-0.3, -0.25) is 4.79 Å². The van der Waals surface area contributed by atoms with E-state index in [1.165, 1.54) is 9.75 Å². The maximum Gasteiger partial charge on any atom is 0.221 e. The van der Waals surface area contributed by atoms with Crippen LogP contribution >= 0.6 is 22.7 Å². The van der Waals surface area contributed by atoms with Crippen molar-refractivity contribution in [1.29, 1.82) is 0 Å². The maximum atomic E-state index is 11.5. The molecular weight excluding hydrogens is 276 g/mol. The average Bonchev–Trinajstić information content (AvgIpc) is 3.08. The van der Waals surface area contributed by atoms with Crippen molar-refractivity contribution in [3.63, 3.8) is 0 Å². The van der Waals surface area contributed by atoms with E-state index in [1.54, 1.807) is 22.7 Å². The van der Waals surface area contributed by atoms with E-state index in [1.807, 2.05) is 6.92 Å². The van der Waals surface area contributed by atoms with Gasteiger partial charge in [-0.2, -0.15) is 0 Å². The molecule has 2 rings (SSSR count). The van der Waals surface area contributed by atoms with Crippen molar-refractivity contribution in [2.45, 2.75) is 19.4 Å². The van der Waals surface area contributed by atoms with Crippen LogP contribution in [0.25, 0.3) is 0 Å². The van der Waals surface area contributed by atoms with Crippen LogP contribution in [-0.2, 0) is 4.79 Å². The van der Waals surface area contributed by atoms with Crippen LogP contribution in [0.3, 0.4) is 0 Å². The fraction of sp³-hybridized carbons (Fsp3) is 0.357. The van der Waals surface area contributed by atoms with E-state index in [-0.39, 0.29) is 11.9 Å². The van der Waals surface area contributed by atoms with Gasteiger partial charge in [0, 0.05) is 29.3 Å². The van der Waals surface area contributed by atoms with E-state index >= 15 is 0 Å². The molecule has 0 aliphatic carbocycles. The number of amides is 1. The normalized spacial score (nSPS) is 10.8. The van der Waals surface area contributed by atoms with Crippen molar-refractivity contribution < 1.29 is 4.79 Å². The first-order chi connectivity index (χ1) is 9.31. The van der Waals surface area contributed by atoms with Crippen LogP contribution in [0.2, 0.25) is 0 Å². The summed E-state index contributed by atoms with van der Waals surface area (Å²) in [6, 6.07) is 8.59. The third kappa shape index (κ3) is 4.16. The average molecular weight is 294 g/mol. The Morgan fingerprint density at radius 2 is 1.84 bits per heavy atom. The van der Waals surface area contributed by atoms with Crippen molar-refractivity contribution in [1.82, 2.24) is 10.6 Å². The molecule has 0 unspecified atom stereocenters. The van der Waals surface area contributed by atoms with Gasteiger partial charge in [0.25, 0.3) is 0 Å². The smallest absolute Gasteiger partial charge is 0.221 e. The Bertz CT molecular complexity index is 445. The van der Waals surface area contributed by atoms with Gasteiger partial charge in [-0.1, -0.05) is 12.1 Å². The molecule has 3 nitrogen and oxygen atoms in total. The zero-order valence-electron chi connectivity index (χ0n) is 10.9. The van der Waals surface area contributed by atoms with E-state index in [0.717, 1.165) is 0 Å². The monoisotopic (exact) mass is 294 g/mol. The number of thiophene rings is 2. The Balaban J connectivity index is 1.94. The number of carbonyl (C=O) groups is 1. The second kappa shape index (κ2) is 7.43. The van der Waals surface area contributed by atoms with E-state index in [4.69, 9.17) is 0 Å². The molecule has 0 saturated heterocycles. The van der Waals surface area contributed by atoms with Gasteiger partial charge in [0.15, 0.2) is 0 Å². The molecule has 0 aromatic carbocycles. The van der Waals surface area contributed by atoms with Gasteiger partial charge in [-0.05, 0) is 29.8 Å². The zero-order valence-corrected chi connectivity index (χ0v) is 12.5. The van der Waals surface area contributed by atoms with E-state index in [0.29, 0.717) is 19.5 Å². The van der Waals surface area contributed by atoms with Crippen molar-refractivity contribution in [3.05, 3.63) is 44.8 Å². The summed E-state index contributed by atoms with van der Waals surface area (Å²) in [5, 5.41) is 10.5. The molecule has 5 heteroatoms. The highest BCUT2D eigenvalue weighted by atomic mass is 32.1. The topological polar surface area (TPSA) is 41.1 Å². The van der Waals surface area contributed by atoms with Crippen molar-refractivity contribution in [3.8, 4) is 0 Å². The fourth-order valence-corrected chi connectivity index (χ4v) is 3.58. The van der Waals surface area contributed by atoms with Gasteiger partial charge in [-0.15, -0.1) is 22.7 Å². The van der Waals surface area contributed by atoms with Gasteiger partial charge in [0.1, 0.15) is 0 Å². The Morgan fingerprint density at radius 1 is 1.21 bits per heavy atom. The molecule has 2 N–H and O–H groups in total. The van der Waals surface area contributed by atoms with Crippen LogP contribution in [0.1, 0.15) is 29.1 Å². The molecule has 0 atom stereocenters. The first-order valence-corrected chi connectivity index (χ1v) is 8.14. The summed E-state index contributed by atoms with van der Waals surface area (Å²) >= 11 is 3.48. The summed E-state index contributed by atoms with van der Waals surface area (Å²) in [6.45, 7) is 3.32. The summed E-state index contributed by atoms with van der Waals surface area (Å²) < 4.78 is 0. The quantitative estimate of drug-likeness (QED) is 0.824. The predicted octanol–water partition coefficient (Wildman–Crippen LogP) is 3.01. The lowest BCUT2D eigenvalue weighted by Gasteiger charge is -2.16. The van der Waals surface area contributed by atoms with Crippen LogP contribution in [0.4, 0.5) is 0 Å². The lowest BCUT2D eigenvalue weighted by Crippen LogP contribution is -2.29. The second-order valence-corrected chi connectivity index (χ2v) is 6.08. The maximum absolute atomic E-state index is 11.5. The minimum atomic E-state index is 0.103. The minimum absolute atomic E-state index is 0.103. The van der Waals surface area contributed by atoms with Gasteiger partial charge in [0.2, 0.25) is 5.91 Å². The van der Waals surface area contributed by atoms with Crippen molar-refractivity contribution in [2.75, 3.05) is 13.1 Å². The van der Waals surface area contributed by atoms with Crippen molar-refractivity contribution >= 4 is 28.6 Å². The van der Waals surface area contributed by atoms with Gasteiger partial charge in [-0.25, -0.2) is 0 Å². The molecule has 0 bridgehead atoms. The van der Waals surface area contributed by atoms with Gasteiger partial charge in [0.05, 0.1) is 6.04 Å². The molecule has 2 aromatic heterocycles. The molecule has 0 aliphatic rings. The fourth-order valence-electron chi connectivity index (χ4n) is 1.87. The largest absolute Gasteiger partial charge is 0.356 e. The highest BCUT2D eigenvalue weighted by Crippen LogP contribution is 2.28. The number of hydrogen-bond donors (Lipinski definition) is 2. The molecule has 0 aliphatic heterocycles. The third-order valence-corrected chi connectivity index (χ3v) is 4.60. The molecular formula is C14H18N2OS2. The van der Waals surface area contributed by atoms with Crippen LogP contribution in [0.5, 0.6) is 0 Å². The number of rotatable bonds is 7. The summed E-state index contributed by atoms with van der Waals surface area (Å²) in [7, 11) is 0. The molecule has 2 heterocycles. The SMILES string of the molecule is CCNC(=O)CCNC(c1cccs1)c1cccs1. The Kier molecular flexibility index (Phi) is 5.57. The lowest BCUT2D eigenvalue weighted by molar-refractivity contribution is -0.120. The number of nitrogens with one attached hydrogen (secondary N) is 2. The van der Waals surface area contributed by atoms with E-state index in [9.17, 15) is 4.79 Å². The lowest BCUT2D eigenvalue weighted by atomic mass is 10.2. The summed E-state index contributed by atoms with van der Waals surface area (Å²) in [5.74, 6) is 0.103. The van der Waals surface area contributed by atoms with Gasteiger partial charge >= 0.3 is 0 Å². The summed E-state index contributed by atoms with van der Waals surface area (Å²) in [6.07, 6.45) is 0.515. The van der Waals surface area contributed by atoms with Crippen molar-refractivity contribution in [2.24, 2.45) is 0 Å². The molecule has 2 aromatic rings. The molecule has 0 spiro atoms. The predicted molar refractivity (Wildman–Crippen MR) is 81.8 cm³/mol.